The number of phenolic OH excluding ortho intramolecular Hbond substituents is 1. The number of hydrogen-bond donors (Lipinski definition) is 2. The van der Waals surface area contributed by atoms with Gasteiger partial charge in [0.25, 0.3) is 0 Å². The molecule has 4 nitrogen and oxygen atoms in total. The molecule has 19 heavy (non-hydrogen) atoms. The number of aromatic hydroxyl groups is 1. The van der Waals surface area contributed by atoms with Crippen molar-refractivity contribution in [3.63, 3.8) is 0 Å². The fraction of sp³-hybridized carbons (Fsp3) is 0.133. The van der Waals surface area contributed by atoms with Crippen molar-refractivity contribution in [3.05, 3.63) is 59.7 Å². The number of rotatable bonds is 4. The number of methoxy groups -OCH3 is 1. The summed E-state index contributed by atoms with van der Waals surface area (Å²) in [6.45, 7) is 0. The Hall–Kier alpha value is -2.49. The number of hydrogen-bond acceptors (Lipinski definition) is 4. The van der Waals surface area contributed by atoms with Gasteiger partial charge in [-0.15, -0.1) is 0 Å². The minimum atomic E-state index is 0.0586. The Labute approximate surface area is 111 Å². The van der Waals surface area contributed by atoms with Crippen LogP contribution >= 0.6 is 0 Å². The Balaban J connectivity index is 2.28. The zero-order valence-electron chi connectivity index (χ0n) is 10.6. The van der Waals surface area contributed by atoms with Crippen LogP contribution < -0.4 is 4.74 Å². The van der Waals surface area contributed by atoms with E-state index < -0.39 is 0 Å². The molecular weight excluding hydrogens is 242 g/mol. The SMILES string of the molecule is COc1cc(C(Cc2ccccc2)=NO)ccc1O. The van der Waals surface area contributed by atoms with Crippen LogP contribution in [0.5, 0.6) is 11.5 Å². The first kappa shape index (κ1) is 13.0. The highest BCUT2D eigenvalue weighted by Crippen LogP contribution is 2.27. The third-order valence-corrected chi connectivity index (χ3v) is 2.85. The van der Waals surface area contributed by atoms with Gasteiger partial charge in [-0.1, -0.05) is 35.5 Å². The maximum Gasteiger partial charge on any atom is 0.161 e. The van der Waals surface area contributed by atoms with Crippen molar-refractivity contribution >= 4 is 5.71 Å². The molecular formula is C15H15NO3. The van der Waals surface area contributed by atoms with Crippen LogP contribution in [-0.4, -0.2) is 23.1 Å². The first-order valence-electron chi connectivity index (χ1n) is 5.87. The predicted octanol–water partition coefficient (Wildman–Crippen LogP) is 2.82. The molecule has 0 amide bonds. The summed E-state index contributed by atoms with van der Waals surface area (Å²) in [5.41, 5.74) is 2.27. The molecule has 0 saturated carbocycles. The summed E-state index contributed by atoms with van der Waals surface area (Å²) in [4.78, 5) is 0. The Kier molecular flexibility index (Phi) is 4.03. The summed E-state index contributed by atoms with van der Waals surface area (Å²) in [6.07, 6.45) is 0.505. The first-order valence-corrected chi connectivity index (χ1v) is 5.87. The van der Waals surface area contributed by atoms with Crippen LogP contribution in [-0.2, 0) is 6.42 Å². The van der Waals surface area contributed by atoms with Crippen molar-refractivity contribution in [3.8, 4) is 11.5 Å². The van der Waals surface area contributed by atoms with Crippen molar-refractivity contribution in [1.82, 2.24) is 0 Å². The smallest absolute Gasteiger partial charge is 0.161 e. The molecule has 2 aromatic rings. The number of oxime groups is 1. The Morgan fingerprint density at radius 3 is 2.53 bits per heavy atom. The van der Waals surface area contributed by atoms with Gasteiger partial charge in [0.15, 0.2) is 11.5 Å². The van der Waals surface area contributed by atoms with Crippen LogP contribution in [0.15, 0.2) is 53.7 Å². The molecule has 0 spiro atoms. The highest BCUT2D eigenvalue weighted by atomic mass is 16.5. The van der Waals surface area contributed by atoms with E-state index in [-0.39, 0.29) is 5.75 Å². The molecule has 0 heterocycles. The quantitative estimate of drug-likeness (QED) is 0.503. The number of nitrogens with zero attached hydrogens (tertiary/aromatic N) is 1. The highest BCUT2D eigenvalue weighted by Gasteiger charge is 2.09. The predicted molar refractivity (Wildman–Crippen MR) is 73.1 cm³/mol. The van der Waals surface area contributed by atoms with E-state index in [1.165, 1.54) is 13.2 Å². The molecule has 0 aliphatic carbocycles. The molecule has 2 rings (SSSR count). The molecule has 4 heteroatoms. The molecule has 0 unspecified atom stereocenters. The van der Waals surface area contributed by atoms with E-state index in [0.717, 1.165) is 5.56 Å². The number of ether oxygens (including phenoxy) is 1. The average Bonchev–Trinajstić information content (AvgIpc) is 2.46. The van der Waals surface area contributed by atoms with Crippen LogP contribution in [0.4, 0.5) is 0 Å². The fourth-order valence-corrected chi connectivity index (χ4v) is 1.84. The van der Waals surface area contributed by atoms with Gasteiger partial charge in [-0.25, -0.2) is 0 Å². The Bertz CT molecular complexity index is 579. The molecule has 0 aliphatic heterocycles. The van der Waals surface area contributed by atoms with E-state index in [2.05, 4.69) is 5.16 Å². The molecule has 0 bridgehead atoms. The zero-order chi connectivity index (χ0) is 13.7. The van der Waals surface area contributed by atoms with Gasteiger partial charge in [0.1, 0.15) is 0 Å². The maximum absolute atomic E-state index is 9.55. The van der Waals surface area contributed by atoms with Crippen molar-refractivity contribution < 1.29 is 15.1 Å². The summed E-state index contributed by atoms with van der Waals surface area (Å²) < 4.78 is 5.04. The van der Waals surface area contributed by atoms with E-state index in [9.17, 15) is 5.11 Å². The second-order valence-electron chi connectivity index (χ2n) is 4.10. The lowest BCUT2D eigenvalue weighted by Gasteiger charge is -2.08. The van der Waals surface area contributed by atoms with Crippen molar-refractivity contribution in [2.24, 2.45) is 5.16 Å². The lowest BCUT2D eigenvalue weighted by atomic mass is 10.0. The number of phenols is 1. The summed E-state index contributed by atoms with van der Waals surface area (Å²) in [7, 11) is 1.48. The molecule has 2 aromatic carbocycles. The summed E-state index contributed by atoms with van der Waals surface area (Å²) in [5.74, 6) is 0.412. The normalized spacial score (nSPS) is 11.3. The molecule has 0 atom stereocenters. The molecule has 0 aliphatic rings. The van der Waals surface area contributed by atoms with Gasteiger partial charge in [0.05, 0.1) is 12.8 Å². The second-order valence-corrected chi connectivity index (χ2v) is 4.10. The third-order valence-electron chi connectivity index (χ3n) is 2.85. The standard InChI is InChI=1S/C15H15NO3/c1-19-15-10-12(7-8-14(15)17)13(16-18)9-11-5-3-2-4-6-11/h2-8,10,17-18H,9H2,1H3. The van der Waals surface area contributed by atoms with Gasteiger partial charge in [0, 0.05) is 12.0 Å². The number of benzene rings is 2. The summed E-state index contributed by atoms with van der Waals surface area (Å²) in [6, 6.07) is 14.6. The molecule has 98 valence electrons. The maximum atomic E-state index is 9.55. The van der Waals surface area contributed by atoms with Gasteiger partial charge in [-0.05, 0) is 23.8 Å². The average molecular weight is 257 g/mol. The molecule has 0 saturated heterocycles. The highest BCUT2D eigenvalue weighted by molar-refractivity contribution is 6.02. The molecule has 0 radical (unpaired) electrons. The van der Waals surface area contributed by atoms with E-state index >= 15 is 0 Å². The zero-order valence-corrected chi connectivity index (χ0v) is 10.6. The first-order chi connectivity index (χ1) is 9.24. The van der Waals surface area contributed by atoms with Gasteiger partial charge >= 0.3 is 0 Å². The largest absolute Gasteiger partial charge is 0.504 e. The molecule has 0 aromatic heterocycles. The van der Waals surface area contributed by atoms with Crippen molar-refractivity contribution in [1.29, 1.82) is 0 Å². The Morgan fingerprint density at radius 2 is 1.89 bits per heavy atom. The monoisotopic (exact) mass is 257 g/mol. The van der Waals surface area contributed by atoms with E-state index in [4.69, 9.17) is 9.94 Å². The van der Waals surface area contributed by atoms with E-state index in [1.807, 2.05) is 30.3 Å². The van der Waals surface area contributed by atoms with Crippen molar-refractivity contribution in [2.45, 2.75) is 6.42 Å². The molecule has 2 N–H and O–H groups in total. The van der Waals surface area contributed by atoms with E-state index in [0.29, 0.717) is 23.4 Å². The van der Waals surface area contributed by atoms with E-state index in [1.54, 1.807) is 12.1 Å². The van der Waals surface area contributed by atoms with Crippen molar-refractivity contribution in [2.75, 3.05) is 7.11 Å². The van der Waals surface area contributed by atoms with Gasteiger partial charge in [-0.2, -0.15) is 0 Å². The lowest BCUT2D eigenvalue weighted by Crippen LogP contribution is -2.05. The van der Waals surface area contributed by atoms with Crippen LogP contribution in [0.3, 0.4) is 0 Å². The summed E-state index contributed by atoms with van der Waals surface area (Å²) in [5, 5.41) is 22.0. The minimum Gasteiger partial charge on any atom is -0.504 e. The van der Waals surface area contributed by atoms with Crippen LogP contribution in [0.2, 0.25) is 0 Å². The van der Waals surface area contributed by atoms with Crippen LogP contribution in [0.25, 0.3) is 0 Å². The van der Waals surface area contributed by atoms with Crippen LogP contribution in [0.1, 0.15) is 11.1 Å². The fourth-order valence-electron chi connectivity index (χ4n) is 1.84. The minimum absolute atomic E-state index is 0.0586. The van der Waals surface area contributed by atoms with Gasteiger partial charge in [0.2, 0.25) is 0 Å². The summed E-state index contributed by atoms with van der Waals surface area (Å²) >= 11 is 0. The Morgan fingerprint density at radius 1 is 1.16 bits per heavy atom. The van der Waals surface area contributed by atoms with Gasteiger partial charge in [-0.3, -0.25) is 0 Å². The van der Waals surface area contributed by atoms with Crippen LogP contribution in [0, 0.1) is 0 Å². The lowest BCUT2D eigenvalue weighted by molar-refractivity contribution is 0.318. The van der Waals surface area contributed by atoms with Gasteiger partial charge < -0.3 is 15.1 Å². The topological polar surface area (TPSA) is 62.0 Å². The third kappa shape index (κ3) is 3.04. The molecule has 0 fully saturated rings. The second kappa shape index (κ2) is 5.91.